The third kappa shape index (κ3) is 4.95. The van der Waals surface area contributed by atoms with E-state index in [0.29, 0.717) is 0 Å². The predicted molar refractivity (Wildman–Crippen MR) is 57.2 cm³/mol. The zero-order chi connectivity index (χ0) is 9.56. The summed E-state index contributed by atoms with van der Waals surface area (Å²) in [5.41, 5.74) is 4.08. The van der Waals surface area contributed by atoms with Crippen LogP contribution >= 0.6 is 0 Å². The van der Waals surface area contributed by atoms with Crippen molar-refractivity contribution in [1.29, 1.82) is 0 Å². The zero-order valence-corrected chi connectivity index (χ0v) is 8.78. The molecule has 0 aliphatic carbocycles. The van der Waals surface area contributed by atoms with Crippen molar-refractivity contribution in [3.8, 4) is 0 Å². The van der Waals surface area contributed by atoms with Crippen LogP contribution in [0.2, 0.25) is 0 Å². The molecule has 0 aromatic heterocycles. The van der Waals surface area contributed by atoms with E-state index < -0.39 is 0 Å². The van der Waals surface area contributed by atoms with E-state index in [1.54, 1.807) is 0 Å². The highest BCUT2D eigenvalue weighted by Gasteiger charge is 1.88. The maximum Gasteiger partial charge on any atom is -0.0136 e. The Morgan fingerprint density at radius 2 is 1.83 bits per heavy atom. The molecule has 0 aromatic carbocycles. The Kier molecular flexibility index (Phi) is 5.44. The van der Waals surface area contributed by atoms with Gasteiger partial charge >= 0.3 is 0 Å². The summed E-state index contributed by atoms with van der Waals surface area (Å²) in [7, 11) is 0. The van der Waals surface area contributed by atoms with Gasteiger partial charge in [0.25, 0.3) is 0 Å². The number of rotatable bonds is 4. The lowest BCUT2D eigenvalue weighted by Gasteiger charge is -1.98. The highest BCUT2D eigenvalue weighted by molar-refractivity contribution is 5.18. The number of hydrogen-bond acceptors (Lipinski definition) is 0. The van der Waals surface area contributed by atoms with Gasteiger partial charge in [-0.1, -0.05) is 42.4 Å². The van der Waals surface area contributed by atoms with Gasteiger partial charge in [-0.25, -0.2) is 0 Å². The van der Waals surface area contributed by atoms with Gasteiger partial charge in [0.1, 0.15) is 0 Å². The first kappa shape index (κ1) is 11.2. The van der Waals surface area contributed by atoms with Gasteiger partial charge in [0.2, 0.25) is 0 Å². The van der Waals surface area contributed by atoms with Crippen LogP contribution in [0.5, 0.6) is 0 Å². The summed E-state index contributed by atoms with van der Waals surface area (Å²) in [6, 6.07) is 0. The van der Waals surface area contributed by atoms with Crippen LogP contribution in [-0.4, -0.2) is 0 Å². The van der Waals surface area contributed by atoms with Crippen LogP contribution in [0.15, 0.2) is 35.5 Å². The van der Waals surface area contributed by atoms with E-state index in [1.165, 1.54) is 16.7 Å². The smallest absolute Gasteiger partial charge is 0.0136 e. The van der Waals surface area contributed by atoms with Gasteiger partial charge < -0.3 is 0 Å². The highest BCUT2D eigenvalue weighted by Crippen LogP contribution is 2.08. The van der Waals surface area contributed by atoms with Crippen molar-refractivity contribution in [2.75, 3.05) is 0 Å². The standard InChI is InChI=1S/C12H20/c1-6-11(4)8-7-9-12(5)10(2)3/h7-8H,4,6,9H2,1-3,5H3/b8-7-. The summed E-state index contributed by atoms with van der Waals surface area (Å²) in [6.45, 7) is 12.5. The van der Waals surface area contributed by atoms with Crippen LogP contribution in [0.4, 0.5) is 0 Å². The van der Waals surface area contributed by atoms with Crippen LogP contribution in [-0.2, 0) is 0 Å². The van der Waals surface area contributed by atoms with Crippen molar-refractivity contribution < 1.29 is 0 Å². The molecule has 12 heavy (non-hydrogen) atoms. The molecular formula is C12H20. The van der Waals surface area contributed by atoms with Crippen LogP contribution < -0.4 is 0 Å². The average molecular weight is 164 g/mol. The molecule has 0 bridgehead atoms. The van der Waals surface area contributed by atoms with E-state index in [-0.39, 0.29) is 0 Å². The predicted octanol–water partition coefficient (Wildman–Crippen LogP) is 4.26. The first-order valence-electron chi connectivity index (χ1n) is 4.55. The van der Waals surface area contributed by atoms with Crippen molar-refractivity contribution in [1.82, 2.24) is 0 Å². The average Bonchev–Trinajstić information content (AvgIpc) is 2.03. The van der Waals surface area contributed by atoms with E-state index >= 15 is 0 Å². The minimum atomic E-state index is 1.05. The molecule has 0 heteroatoms. The second-order valence-electron chi connectivity index (χ2n) is 3.40. The van der Waals surface area contributed by atoms with Crippen molar-refractivity contribution in [3.63, 3.8) is 0 Å². The summed E-state index contributed by atoms with van der Waals surface area (Å²) in [5, 5.41) is 0. The molecule has 0 saturated carbocycles. The first-order chi connectivity index (χ1) is 5.57. The molecule has 0 atom stereocenters. The molecule has 0 aromatic rings. The zero-order valence-electron chi connectivity index (χ0n) is 8.78. The van der Waals surface area contributed by atoms with E-state index in [1.807, 2.05) is 0 Å². The largest absolute Gasteiger partial charge is 0.0959 e. The minimum Gasteiger partial charge on any atom is -0.0959 e. The van der Waals surface area contributed by atoms with Crippen molar-refractivity contribution >= 4 is 0 Å². The molecule has 0 radical (unpaired) electrons. The summed E-state index contributed by atoms with van der Waals surface area (Å²) in [4.78, 5) is 0. The highest BCUT2D eigenvalue weighted by atomic mass is 13.9. The van der Waals surface area contributed by atoms with Gasteiger partial charge in [-0.15, -0.1) is 0 Å². The normalized spacial score (nSPS) is 10.3. The number of allylic oxidation sites excluding steroid dienone is 5. The molecule has 68 valence electrons. The Morgan fingerprint density at radius 3 is 2.25 bits per heavy atom. The molecule has 0 rings (SSSR count). The summed E-state index contributed by atoms with van der Waals surface area (Å²) < 4.78 is 0. The molecule has 0 spiro atoms. The van der Waals surface area contributed by atoms with E-state index in [9.17, 15) is 0 Å². The van der Waals surface area contributed by atoms with Crippen molar-refractivity contribution in [2.45, 2.75) is 40.5 Å². The van der Waals surface area contributed by atoms with Crippen LogP contribution in [0.25, 0.3) is 0 Å². The first-order valence-corrected chi connectivity index (χ1v) is 4.55. The van der Waals surface area contributed by atoms with Gasteiger partial charge in [0.15, 0.2) is 0 Å². The van der Waals surface area contributed by atoms with Gasteiger partial charge in [0, 0.05) is 0 Å². The molecule has 0 nitrogen and oxygen atoms in total. The molecule has 0 saturated heterocycles. The second-order valence-corrected chi connectivity index (χ2v) is 3.40. The maximum atomic E-state index is 3.91. The molecule has 0 fully saturated rings. The fraction of sp³-hybridized carbons (Fsp3) is 0.500. The molecule has 0 aliphatic heterocycles. The van der Waals surface area contributed by atoms with Gasteiger partial charge in [-0.3, -0.25) is 0 Å². The quantitative estimate of drug-likeness (QED) is 0.430. The van der Waals surface area contributed by atoms with E-state index in [0.717, 1.165) is 12.8 Å². The maximum absolute atomic E-state index is 3.91. The van der Waals surface area contributed by atoms with Gasteiger partial charge in [0.05, 0.1) is 0 Å². The Balaban J connectivity index is 3.92. The lowest BCUT2D eigenvalue weighted by atomic mass is 10.1. The lowest BCUT2D eigenvalue weighted by Crippen LogP contribution is -1.77. The topological polar surface area (TPSA) is 0 Å². The Labute approximate surface area is 76.7 Å². The van der Waals surface area contributed by atoms with E-state index in [4.69, 9.17) is 0 Å². The molecular weight excluding hydrogens is 144 g/mol. The molecule has 0 amide bonds. The fourth-order valence-corrected chi connectivity index (χ4v) is 0.724. The SMILES string of the molecule is C=C(/C=C\CC(C)=C(C)C)CC. The fourth-order valence-electron chi connectivity index (χ4n) is 0.724. The van der Waals surface area contributed by atoms with Crippen molar-refractivity contribution in [3.05, 3.63) is 35.5 Å². The van der Waals surface area contributed by atoms with Crippen LogP contribution in [0.1, 0.15) is 40.5 Å². The molecule has 0 unspecified atom stereocenters. The number of hydrogen-bond donors (Lipinski definition) is 0. The van der Waals surface area contributed by atoms with E-state index in [2.05, 4.69) is 46.4 Å². The molecule has 0 aliphatic rings. The van der Waals surface area contributed by atoms with Crippen LogP contribution in [0.3, 0.4) is 0 Å². The Bertz CT molecular complexity index is 200. The van der Waals surface area contributed by atoms with Gasteiger partial charge in [-0.05, 0) is 33.6 Å². The summed E-state index contributed by atoms with van der Waals surface area (Å²) in [5.74, 6) is 0. The molecule has 0 heterocycles. The summed E-state index contributed by atoms with van der Waals surface area (Å²) in [6.07, 6.45) is 6.41. The Morgan fingerprint density at radius 1 is 1.25 bits per heavy atom. The summed E-state index contributed by atoms with van der Waals surface area (Å²) >= 11 is 0. The monoisotopic (exact) mass is 164 g/mol. The Hall–Kier alpha value is -0.780. The minimum absolute atomic E-state index is 1.05. The van der Waals surface area contributed by atoms with Crippen LogP contribution in [0, 0.1) is 0 Å². The third-order valence-corrected chi connectivity index (χ3v) is 2.09. The second kappa shape index (κ2) is 5.82. The van der Waals surface area contributed by atoms with Gasteiger partial charge in [-0.2, -0.15) is 0 Å². The third-order valence-electron chi connectivity index (χ3n) is 2.09. The van der Waals surface area contributed by atoms with Crippen molar-refractivity contribution in [2.24, 2.45) is 0 Å². The molecule has 0 N–H and O–H groups in total. The lowest BCUT2D eigenvalue weighted by molar-refractivity contribution is 1.11.